The molecule has 0 aliphatic carbocycles. The highest BCUT2D eigenvalue weighted by Gasteiger charge is 2.24. The zero-order chi connectivity index (χ0) is 16.2. The van der Waals surface area contributed by atoms with Crippen molar-refractivity contribution >= 4 is 11.7 Å². The van der Waals surface area contributed by atoms with Crippen molar-refractivity contribution in [1.29, 1.82) is 0 Å². The predicted octanol–water partition coefficient (Wildman–Crippen LogP) is 2.07. The van der Waals surface area contributed by atoms with E-state index in [1.165, 1.54) is 16.3 Å². The maximum Gasteiger partial charge on any atom is 0.338 e. The van der Waals surface area contributed by atoms with Gasteiger partial charge in [-0.3, -0.25) is 4.79 Å². The van der Waals surface area contributed by atoms with E-state index in [9.17, 15) is 9.59 Å². The van der Waals surface area contributed by atoms with E-state index in [4.69, 9.17) is 4.74 Å². The molecule has 0 unspecified atom stereocenters. The molecule has 1 aliphatic heterocycles. The summed E-state index contributed by atoms with van der Waals surface area (Å²) < 4.78 is 6.80. The number of aromatic nitrogens is 1. The highest BCUT2D eigenvalue weighted by Crippen LogP contribution is 2.23. The van der Waals surface area contributed by atoms with Gasteiger partial charge in [0.15, 0.2) is 0 Å². The van der Waals surface area contributed by atoms with Crippen LogP contribution in [0.3, 0.4) is 0 Å². The molecule has 1 fully saturated rings. The number of anilines is 1. The van der Waals surface area contributed by atoms with Crippen molar-refractivity contribution in [3.05, 3.63) is 64.6 Å². The van der Waals surface area contributed by atoms with Crippen molar-refractivity contribution in [2.45, 2.75) is 6.42 Å². The van der Waals surface area contributed by atoms with E-state index in [-0.39, 0.29) is 5.56 Å². The first-order valence-corrected chi connectivity index (χ1v) is 7.77. The van der Waals surface area contributed by atoms with Crippen molar-refractivity contribution < 1.29 is 9.53 Å². The molecule has 0 amide bonds. The molecular formula is C18H20N2O3. The Hall–Kier alpha value is -2.56. The van der Waals surface area contributed by atoms with Crippen LogP contribution in [-0.2, 0) is 11.8 Å². The highest BCUT2D eigenvalue weighted by molar-refractivity contribution is 5.89. The van der Waals surface area contributed by atoms with E-state index in [1.807, 2.05) is 18.2 Å². The number of esters is 1. The topological polar surface area (TPSA) is 51.5 Å². The summed E-state index contributed by atoms with van der Waals surface area (Å²) in [6.45, 7) is 2.24. The van der Waals surface area contributed by atoms with Gasteiger partial charge in [-0.25, -0.2) is 4.79 Å². The fourth-order valence-electron chi connectivity index (χ4n) is 2.79. The maximum atomic E-state index is 12.0. The Morgan fingerprint density at radius 1 is 1.26 bits per heavy atom. The van der Waals surface area contributed by atoms with E-state index >= 15 is 0 Å². The molecule has 5 heteroatoms. The maximum absolute atomic E-state index is 12.0. The Balaban J connectivity index is 1.54. The van der Waals surface area contributed by atoms with Crippen molar-refractivity contribution in [3.8, 4) is 0 Å². The zero-order valence-corrected chi connectivity index (χ0v) is 13.1. The molecular weight excluding hydrogens is 292 g/mol. The second kappa shape index (κ2) is 6.69. The number of hydrogen-bond donors (Lipinski definition) is 0. The largest absolute Gasteiger partial charge is 0.462 e. The van der Waals surface area contributed by atoms with E-state index in [1.54, 1.807) is 19.3 Å². The highest BCUT2D eigenvalue weighted by atomic mass is 16.5. The number of hydrogen-bond acceptors (Lipinski definition) is 4. The summed E-state index contributed by atoms with van der Waals surface area (Å²) in [6.07, 6.45) is 2.57. The summed E-state index contributed by atoms with van der Waals surface area (Å²) in [5.41, 5.74) is 1.30. The number of para-hydroxylation sites is 1. The SMILES string of the molecule is Cn1ccc(C(=O)OC[C@H]2CCN(c3ccccc3)C2)cc1=O. The first kappa shape index (κ1) is 15.3. The van der Waals surface area contributed by atoms with Crippen LogP contribution >= 0.6 is 0 Å². The first-order chi connectivity index (χ1) is 11.1. The average Bonchev–Trinajstić information content (AvgIpc) is 3.05. The summed E-state index contributed by atoms with van der Waals surface area (Å²) in [6, 6.07) is 13.2. The van der Waals surface area contributed by atoms with Crippen molar-refractivity contribution in [3.63, 3.8) is 0 Å². The van der Waals surface area contributed by atoms with Crippen LogP contribution in [0.2, 0.25) is 0 Å². The van der Waals surface area contributed by atoms with Gasteiger partial charge < -0.3 is 14.2 Å². The summed E-state index contributed by atoms with van der Waals surface area (Å²) in [5.74, 6) is -0.105. The molecule has 3 rings (SSSR count). The van der Waals surface area contributed by atoms with Crippen molar-refractivity contribution in [2.75, 3.05) is 24.6 Å². The van der Waals surface area contributed by atoms with E-state index in [0.29, 0.717) is 18.1 Å². The Morgan fingerprint density at radius 3 is 2.78 bits per heavy atom. The molecule has 0 N–H and O–H groups in total. The van der Waals surface area contributed by atoms with Gasteiger partial charge in [-0.15, -0.1) is 0 Å². The van der Waals surface area contributed by atoms with Crippen LogP contribution in [-0.4, -0.2) is 30.2 Å². The smallest absolute Gasteiger partial charge is 0.338 e. The Morgan fingerprint density at radius 2 is 2.04 bits per heavy atom. The molecule has 0 saturated carbocycles. The number of ether oxygens (including phenoxy) is 1. The van der Waals surface area contributed by atoms with Crippen LogP contribution in [0.1, 0.15) is 16.8 Å². The molecule has 120 valence electrons. The lowest BCUT2D eigenvalue weighted by atomic mass is 10.1. The molecule has 0 radical (unpaired) electrons. The van der Waals surface area contributed by atoms with Crippen LogP contribution in [0.25, 0.3) is 0 Å². The van der Waals surface area contributed by atoms with Gasteiger partial charge in [-0.1, -0.05) is 18.2 Å². The molecule has 1 aromatic heterocycles. The summed E-state index contributed by atoms with van der Waals surface area (Å²) in [4.78, 5) is 25.9. The molecule has 23 heavy (non-hydrogen) atoms. The summed E-state index contributed by atoms with van der Waals surface area (Å²) in [5, 5.41) is 0. The lowest BCUT2D eigenvalue weighted by Gasteiger charge is -2.18. The molecule has 2 heterocycles. The second-order valence-electron chi connectivity index (χ2n) is 5.90. The van der Waals surface area contributed by atoms with Gasteiger partial charge in [0.1, 0.15) is 0 Å². The Bertz CT molecular complexity index is 739. The molecule has 2 aromatic rings. The minimum absolute atomic E-state index is 0.212. The molecule has 1 saturated heterocycles. The Labute approximate surface area is 135 Å². The third kappa shape index (κ3) is 3.62. The standard InChI is InChI=1S/C18H20N2O3/c1-19-9-8-15(11-17(19)21)18(22)23-13-14-7-10-20(12-14)16-5-3-2-4-6-16/h2-6,8-9,11,14H,7,10,12-13H2,1H3/t14-/m0/s1. The van der Waals surface area contributed by atoms with Crippen LogP contribution in [0.5, 0.6) is 0 Å². The van der Waals surface area contributed by atoms with Crippen molar-refractivity contribution in [1.82, 2.24) is 4.57 Å². The number of carbonyl (C=O) groups excluding carboxylic acids is 1. The number of rotatable bonds is 4. The lowest BCUT2D eigenvalue weighted by Crippen LogP contribution is -2.22. The average molecular weight is 312 g/mol. The minimum Gasteiger partial charge on any atom is -0.462 e. The van der Waals surface area contributed by atoms with Gasteiger partial charge >= 0.3 is 5.97 Å². The fourth-order valence-corrected chi connectivity index (χ4v) is 2.79. The number of aryl methyl sites for hydroxylation is 1. The Kier molecular flexibility index (Phi) is 4.46. The zero-order valence-electron chi connectivity index (χ0n) is 13.1. The van der Waals surface area contributed by atoms with Crippen LogP contribution in [0.4, 0.5) is 5.69 Å². The molecule has 1 atom stereocenters. The van der Waals surface area contributed by atoms with Gasteiger partial charge in [0, 0.05) is 44.0 Å². The predicted molar refractivity (Wildman–Crippen MR) is 88.7 cm³/mol. The molecule has 5 nitrogen and oxygen atoms in total. The normalized spacial score (nSPS) is 17.3. The fraction of sp³-hybridized carbons (Fsp3) is 0.333. The van der Waals surface area contributed by atoms with Crippen LogP contribution < -0.4 is 10.5 Å². The first-order valence-electron chi connectivity index (χ1n) is 7.77. The molecule has 1 aliphatic rings. The second-order valence-corrected chi connectivity index (χ2v) is 5.90. The van der Waals surface area contributed by atoms with Crippen LogP contribution in [0.15, 0.2) is 53.5 Å². The van der Waals surface area contributed by atoms with E-state index < -0.39 is 5.97 Å². The van der Waals surface area contributed by atoms with Gasteiger partial charge in [-0.2, -0.15) is 0 Å². The van der Waals surface area contributed by atoms with E-state index in [2.05, 4.69) is 17.0 Å². The number of benzene rings is 1. The summed E-state index contributed by atoms with van der Waals surface area (Å²) >= 11 is 0. The number of nitrogens with zero attached hydrogens (tertiary/aromatic N) is 2. The van der Waals surface area contributed by atoms with Crippen LogP contribution in [0, 0.1) is 5.92 Å². The van der Waals surface area contributed by atoms with Gasteiger partial charge in [0.25, 0.3) is 5.56 Å². The number of pyridine rings is 1. The van der Waals surface area contributed by atoms with Gasteiger partial charge in [0.2, 0.25) is 0 Å². The quantitative estimate of drug-likeness (QED) is 0.811. The minimum atomic E-state index is -0.430. The van der Waals surface area contributed by atoms with Gasteiger partial charge in [-0.05, 0) is 24.6 Å². The lowest BCUT2D eigenvalue weighted by molar-refractivity contribution is 0.0450. The third-order valence-electron chi connectivity index (χ3n) is 4.20. The summed E-state index contributed by atoms with van der Waals surface area (Å²) in [7, 11) is 1.65. The van der Waals surface area contributed by atoms with Gasteiger partial charge in [0.05, 0.1) is 12.2 Å². The van der Waals surface area contributed by atoms with E-state index in [0.717, 1.165) is 19.5 Å². The molecule has 1 aromatic carbocycles. The van der Waals surface area contributed by atoms with Crippen molar-refractivity contribution in [2.24, 2.45) is 13.0 Å². The molecule has 0 bridgehead atoms. The third-order valence-corrected chi connectivity index (χ3v) is 4.20. The monoisotopic (exact) mass is 312 g/mol. The number of carbonyl (C=O) groups is 1. The molecule has 0 spiro atoms.